The molecular formula is C22H38N6O5S. The Kier molecular flexibility index (Phi) is 12.7. The third-order valence-electron chi connectivity index (χ3n) is 5.65. The zero-order valence-electron chi connectivity index (χ0n) is 20.5. The van der Waals surface area contributed by atoms with Crippen molar-refractivity contribution in [3.63, 3.8) is 0 Å². The first-order valence-corrected chi connectivity index (χ1v) is 12.8. The summed E-state index contributed by atoms with van der Waals surface area (Å²) in [5, 5.41) is 17.3. The molecule has 1 aromatic heterocycles. The average Bonchev–Trinajstić information content (AvgIpc) is 3.30. The number of rotatable bonds is 15. The molecule has 1 rings (SSSR count). The minimum atomic E-state index is -1.15. The molecule has 0 fully saturated rings. The third-order valence-corrected chi connectivity index (χ3v) is 6.29. The Morgan fingerprint density at radius 2 is 1.71 bits per heavy atom. The molecule has 0 spiro atoms. The van der Waals surface area contributed by atoms with Crippen molar-refractivity contribution in [2.75, 3.05) is 12.0 Å². The van der Waals surface area contributed by atoms with Crippen LogP contribution in [0.1, 0.15) is 46.2 Å². The summed E-state index contributed by atoms with van der Waals surface area (Å²) in [6, 6.07) is -3.85. The van der Waals surface area contributed by atoms with Crippen LogP contribution in [0.15, 0.2) is 12.5 Å². The van der Waals surface area contributed by atoms with E-state index >= 15 is 0 Å². The van der Waals surface area contributed by atoms with E-state index in [0.29, 0.717) is 24.3 Å². The lowest BCUT2D eigenvalue weighted by Gasteiger charge is -2.26. The number of aromatic nitrogens is 2. The quantitative estimate of drug-likeness (QED) is 0.199. The molecule has 5 atom stereocenters. The van der Waals surface area contributed by atoms with Crippen LogP contribution in [0.25, 0.3) is 0 Å². The van der Waals surface area contributed by atoms with E-state index in [9.17, 15) is 24.3 Å². The van der Waals surface area contributed by atoms with Gasteiger partial charge in [-0.2, -0.15) is 11.8 Å². The lowest BCUT2D eigenvalue weighted by atomic mass is 9.98. The van der Waals surface area contributed by atoms with E-state index in [1.165, 1.54) is 18.1 Å². The second-order valence-corrected chi connectivity index (χ2v) is 9.65. The minimum Gasteiger partial charge on any atom is -0.480 e. The van der Waals surface area contributed by atoms with Crippen molar-refractivity contribution in [1.82, 2.24) is 25.9 Å². The van der Waals surface area contributed by atoms with Crippen LogP contribution in [0.4, 0.5) is 0 Å². The van der Waals surface area contributed by atoms with Crippen molar-refractivity contribution >= 4 is 35.5 Å². The average molecular weight is 499 g/mol. The molecule has 7 N–H and O–H groups in total. The highest BCUT2D eigenvalue weighted by Gasteiger charge is 2.32. The molecule has 1 aromatic rings. The topological polar surface area (TPSA) is 179 Å². The van der Waals surface area contributed by atoms with E-state index in [2.05, 4.69) is 25.9 Å². The van der Waals surface area contributed by atoms with Crippen LogP contribution in [0, 0.1) is 11.8 Å². The van der Waals surface area contributed by atoms with Gasteiger partial charge in [-0.25, -0.2) is 9.78 Å². The number of hydrogen-bond acceptors (Lipinski definition) is 7. The summed E-state index contributed by atoms with van der Waals surface area (Å²) in [7, 11) is 0. The molecule has 5 unspecified atom stereocenters. The van der Waals surface area contributed by atoms with Crippen LogP contribution in [-0.2, 0) is 25.6 Å². The Balaban J connectivity index is 3.05. The van der Waals surface area contributed by atoms with Crippen LogP contribution >= 0.6 is 11.8 Å². The first-order chi connectivity index (χ1) is 16.0. The van der Waals surface area contributed by atoms with Gasteiger partial charge in [-0.05, 0) is 30.3 Å². The Morgan fingerprint density at radius 3 is 2.21 bits per heavy atom. The van der Waals surface area contributed by atoms with Gasteiger partial charge in [-0.15, -0.1) is 0 Å². The van der Waals surface area contributed by atoms with Crippen molar-refractivity contribution in [2.24, 2.45) is 17.6 Å². The standard InChI is InChI=1S/C22H38N6O5S/c1-6-13(4)17(23)21(31)27-16(9-14-10-24-11-25-14)20(30)26-15(7-8-34-5)19(29)28-18(12(2)3)22(32)33/h10-13,15-18H,6-9,23H2,1-5H3,(H,24,25)(H,26,30)(H,27,31)(H,28,29)(H,32,33). The molecular weight excluding hydrogens is 460 g/mol. The summed E-state index contributed by atoms with van der Waals surface area (Å²) in [5.41, 5.74) is 6.65. The van der Waals surface area contributed by atoms with E-state index in [1.807, 2.05) is 20.1 Å². The van der Waals surface area contributed by atoms with Gasteiger partial charge >= 0.3 is 5.97 Å². The maximum absolute atomic E-state index is 13.2. The summed E-state index contributed by atoms with van der Waals surface area (Å²) < 4.78 is 0. The van der Waals surface area contributed by atoms with Gasteiger partial charge in [0.1, 0.15) is 18.1 Å². The molecule has 0 aliphatic carbocycles. The van der Waals surface area contributed by atoms with Gasteiger partial charge < -0.3 is 31.8 Å². The van der Waals surface area contributed by atoms with Gasteiger partial charge in [0, 0.05) is 18.3 Å². The van der Waals surface area contributed by atoms with Crippen LogP contribution in [0.3, 0.4) is 0 Å². The fourth-order valence-corrected chi connectivity index (χ4v) is 3.62. The number of H-pyrrole nitrogens is 1. The molecule has 3 amide bonds. The number of nitrogens with zero attached hydrogens (tertiary/aromatic N) is 1. The Bertz CT molecular complexity index is 804. The minimum absolute atomic E-state index is 0.0834. The van der Waals surface area contributed by atoms with Crippen molar-refractivity contribution in [2.45, 2.75) is 71.1 Å². The van der Waals surface area contributed by atoms with E-state index < -0.39 is 47.9 Å². The van der Waals surface area contributed by atoms with E-state index in [0.717, 1.165) is 0 Å². The summed E-state index contributed by atoms with van der Waals surface area (Å²) in [4.78, 5) is 57.1. The maximum atomic E-state index is 13.2. The van der Waals surface area contributed by atoms with Gasteiger partial charge in [0.15, 0.2) is 0 Å². The number of aromatic amines is 1. The summed E-state index contributed by atoms with van der Waals surface area (Å²) in [5.74, 6) is -2.64. The highest BCUT2D eigenvalue weighted by atomic mass is 32.2. The molecule has 0 aliphatic heterocycles. The number of carboxylic acid groups (broad SMARTS) is 1. The summed E-state index contributed by atoms with van der Waals surface area (Å²) in [6.07, 6.45) is 5.97. The number of nitrogens with one attached hydrogen (secondary N) is 4. The largest absolute Gasteiger partial charge is 0.480 e. The Morgan fingerprint density at radius 1 is 1.09 bits per heavy atom. The fourth-order valence-electron chi connectivity index (χ4n) is 3.15. The van der Waals surface area contributed by atoms with Crippen molar-refractivity contribution in [1.29, 1.82) is 0 Å². The number of nitrogens with two attached hydrogens (primary N) is 1. The molecule has 0 aromatic carbocycles. The highest BCUT2D eigenvalue weighted by Crippen LogP contribution is 2.09. The third kappa shape index (κ3) is 9.34. The van der Waals surface area contributed by atoms with Crippen molar-refractivity contribution in [3.8, 4) is 0 Å². The van der Waals surface area contributed by atoms with Crippen LogP contribution in [-0.4, -0.2) is 74.9 Å². The predicted molar refractivity (Wildman–Crippen MR) is 131 cm³/mol. The van der Waals surface area contributed by atoms with Crippen molar-refractivity contribution < 1.29 is 24.3 Å². The molecule has 12 heteroatoms. The molecule has 0 saturated carbocycles. The predicted octanol–water partition coefficient (Wildman–Crippen LogP) is 0.274. The summed E-state index contributed by atoms with van der Waals surface area (Å²) in [6.45, 7) is 7.14. The molecule has 0 bridgehead atoms. The lowest BCUT2D eigenvalue weighted by molar-refractivity contribution is -0.143. The molecule has 0 saturated heterocycles. The molecule has 0 aliphatic rings. The second-order valence-electron chi connectivity index (χ2n) is 8.66. The highest BCUT2D eigenvalue weighted by molar-refractivity contribution is 7.98. The zero-order valence-corrected chi connectivity index (χ0v) is 21.3. The molecule has 11 nitrogen and oxygen atoms in total. The van der Waals surface area contributed by atoms with Crippen LogP contribution in [0.2, 0.25) is 0 Å². The monoisotopic (exact) mass is 498 g/mol. The lowest BCUT2D eigenvalue weighted by Crippen LogP contribution is -2.58. The van der Waals surface area contributed by atoms with Crippen molar-refractivity contribution in [3.05, 3.63) is 18.2 Å². The molecule has 0 radical (unpaired) electrons. The first kappa shape index (κ1) is 29.4. The van der Waals surface area contributed by atoms with E-state index in [4.69, 9.17) is 5.73 Å². The molecule has 1 heterocycles. The molecule has 192 valence electrons. The number of carbonyl (C=O) groups is 4. The molecule has 34 heavy (non-hydrogen) atoms. The first-order valence-electron chi connectivity index (χ1n) is 11.4. The SMILES string of the molecule is CCC(C)C(N)C(=O)NC(Cc1cnc[nH]1)C(=O)NC(CCSC)C(=O)NC(C(=O)O)C(C)C. The number of carbonyl (C=O) groups excluding carboxylic acids is 3. The smallest absolute Gasteiger partial charge is 0.326 e. The van der Waals surface area contributed by atoms with Gasteiger partial charge in [-0.1, -0.05) is 34.1 Å². The zero-order chi connectivity index (χ0) is 25.8. The van der Waals surface area contributed by atoms with Gasteiger partial charge in [0.25, 0.3) is 0 Å². The van der Waals surface area contributed by atoms with E-state index in [-0.39, 0.29) is 18.3 Å². The fraction of sp³-hybridized carbons (Fsp3) is 0.682. The van der Waals surface area contributed by atoms with Gasteiger partial charge in [-0.3, -0.25) is 14.4 Å². The van der Waals surface area contributed by atoms with Gasteiger partial charge in [0.2, 0.25) is 17.7 Å². The Hall–Kier alpha value is -2.60. The second kappa shape index (κ2) is 14.6. The number of hydrogen-bond donors (Lipinski definition) is 6. The summed E-state index contributed by atoms with van der Waals surface area (Å²) >= 11 is 1.49. The van der Waals surface area contributed by atoms with Crippen LogP contribution < -0.4 is 21.7 Å². The van der Waals surface area contributed by atoms with Gasteiger partial charge in [0.05, 0.1) is 12.4 Å². The number of amides is 3. The maximum Gasteiger partial charge on any atom is 0.326 e. The normalized spacial score (nSPS) is 15.6. The Labute approximate surface area is 204 Å². The van der Waals surface area contributed by atoms with E-state index in [1.54, 1.807) is 20.0 Å². The number of imidazole rings is 1. The van der Waals surface area contributed by atoms with Crippen LogP contribution in [0.5, 0.6) is 0 Å². The number of aliphatic carboxylic acids is 1. The number of thioether (sulfide) groups is 1. The number of carboxylic acids is 1.